The number of nitrogens with zero attached hydrogens (tertiary/aromatic N) is 2. The van der Waals surface area contributed by atoms with Gasteiger partial charge in [-0.15, -0.1) is 0 Å². The highest BCUT2D eigenvalue weighted by atomic mass is 35.5. The molecule has 0 fully saturated rings. The van der Waals surface area contributed by atoms with Crippen molar-refractivity contribution in [3.63, 3.8) is 0 Å². The van der Waals surface area contributed by atoms with Gasteiger partial charge in [0.1, 0.15) is 17.1 Å². The van der Waals surface area contributed by atoms with E-state index in [2.05, 4.69) is 10.2 Å². The lowest BCUT2D eigenvalue weighted by Gasteiger charge is -2.26. The molecule has 1 unspecified atom stereocenters. The van der Waals surface area contributed by atoms with Crippen LogP contribution in [0.5, 0.6) is 17.2 Å². The molecular weight excluding hydrogens is 430 g/mol. The van der Waals surface area contributed by atoms with Gasteiger partial charge in [0.15, 0.2) is 11.5 Å². The van der Waals surface area contributed by atoms with Crippen molar-refractivity contribution in [1.82, 2.24) is 15.1 Å². The summed E-state index contributed by atoms with van der Waals surface area (Å²) in [5, 5.41) is 18.5. The molecule has 168 valence electrons. The van der Waals surface area contributed by atoms with Crippen molar-refractivity contribution in [3.8, 4) is 28.5 Å². The first kappa shape index (κ1) is 22.0. The number of aryl methyl sites for hydroxylation is 1. The summed E-state index contributed by atoms with van der Waals surface area (Å²) in [4.78, 5) is 15.1. The molecule has 8 heteroatoms. The van der Waals surface area contributed by atoms with E-state index in [1.165, 1.54) is 0 Å². The number of hydrogen-bond acceptors (Lipinski definition) is 5. The van der Waals surface area contributed by atoms with Crippen molar-refractivity contribution >= 4 is 17.5 Å². The second-order valence-corrected chi connectivity index (χ2v) is 8.13. The molecule has 1 aliphatic heterocycles. The van der Waals surface area contributed by atoms with Gasteiger partial charge < -0.3 is 19.5 Å². The molecule has 0 bridgehead atoms. The number of hydrogen-bond donors (Lipinski definition) is 2. The number of ether oxygens (including phenoxy) is 2. The molecule has 1 aromatic heterocycles. The molecule has 32 heavy (non-hydrogen) atoms. The summed E-state index contributed by atoms with van der Waals surface area (Å²) in [6.07, 6.45) is 0.797. The zero-order valence-corrected chi connectivity index (χ0v) is 19.3. The van der Waals surface area contributed by atoms with Crippen LogP contribution in [0.4, 0.5) is 0 Å². The Bertz CT molecular complexity index is 1170. The Morgan fingerprint density at radius 3 is 2.69 bits per heavy atom. The fourth-order valence-electron chi connectivity index (χ4n) is 4.21. The summed E-state index contributed by atoms with van der Waals surface area (Å²) in [7, 11) is 1.59. The van der Waals surface area contributed by atoms with E-state index in [9.17, 15) is 9.90 Å². The fourth-order valence-corrected chi connectivity index (χ4v) is 4.37. The molecule has 2 heterocycles. The summed E-state index contributed by atoms with van der Waals surface area (Å²) in [6.45, 7) is 6.85. The van der Waals surface area contributed by atoms with Gasteiger partial charge in [-0.2, -0.15) is 5.10 Å². The minimum atomic E-state index is -0.393. The molecule has 1 amide bonds. The molecule has 1 atom stereocenters. The number of fused-ring (bicyclic) bond motifs is 1. The lowest BCUT2D eigenvalue weighted by molar-refractivity contribution is 0.0743. The lowest BCUT2D eigenvalue weighted by Crippen LogP contribution is -2.30. The number of H-pyrrole nitrogens is 1. The van der Waals surface area contributed by atoms with Crippen LogP contribution in [-0.2, 0) is 0 Å². The molecule has 0 aliphatic carbocycles. The molecule has 3 aromatic rings. The van der Waals surface area contributed by atoms with E-state index >= 15 is 0 Å². The van der Waals surface area contributed by atoms with Gasteiger partial charge in [0.25, 0.3) is 5.91 Å². The summed E-state index contributed by atoms with van der Waals surface area (Å²) >= 11 is 6.34. The summed E-state index contributed by atoms with van der Waals surface area (Å²) in [5.74, 6) is 1.16. The summed E-state index contributed by atoms with van der Waals surface area (Å²) < 4.78 is 11.2. The first-order valence-electron chi connectivity index (χ1n) is 10.6. The monoisotopic (exact) mass is 455 g/mol. The number of amides is 1. The maximum Gasteiger partial charge on any atom is 0.273 e. The van der Waals surface area contributed by atoms with Crippen molar-refractivity contribution in [2.24, 2.45) is 0 Å². The Labute approximate surface area is 191 Å². The van der Waals surface area contributed by atoms with Crippen molar-refractivity contribution in [1.29, 1.82) is 0 Å². The highest BCUT2D eigenvalue weighted by Gasteiger charge is 2.42. The second kappa shape index (κ2) is 8.74. The third-order valence-electron chi connectivity index (χ3n) is 5.66. The average Bonchev–Trinajstić information content (AvgIpc) is 3.31. The molecule has 0 radical (unpaired) electrons. The Balaban J connectivity index is 1.90. The van der Waals surface area contributed by atoms with Crippen molar-refractivity contribution < 1.29 is 19.4 Å². The number of phenolic OH excluding ortho intramolecular Hbond substituents is 1. The number of aromatic hydroxyl groups is 1. The quantitative estimate of drug-likeness (QED) is 0.517. The van der Waals surface area contributed by atoms with Crippen LogP contribution in [0, 0.1) is 6.92 Å². The van der Waals surface area contributed by atoms with E-state index in [1.54, 1.807) is 19.2 Å². The predicted molar refractivity (Wildman–Crippen MR) is 123 cm³/mol. The number of carbonyl (C=O) groups is 1. The van der Waals surface area contributed by atoms with E-state index in [0.717, 1.165) is 17.5 Å². The van der Waals surface area contributed by atoms with Crippen LogP contribution < -0.4 is 9.47 Å². The van der Waals surface area contributed by atoms with E-state index in [-0.39, 0.29) is 11.7 Å². The summed E-state index contributed by atoms with van der Waals surface area (Å²) in [5.41, 5.74) is 3.74. The number of methoxy groups -OCH3 is 1. The maximum atomic E-state index is 13.3. The Hall–Kier alpha value is -3.19. The molecule has 0 saturated carbocycles. The lowest BCUT2D eigenvalue weighted by atomic mass is 9.95. The van der Waals surface area contributed by atoms with Gasteiger partial charge in [-0.25, -0.2) is 0 Å². The molecule has 1 aliphatic rings. The van der Waals surface area contributed by atoms with Crippen LogP contribution in [0.25, 0.3) is 11.3 Å². The zero-order chi connectivity index (χ0) is 23.0. The van der Waals surface area contributed by atoms with Crippen LogP contribution in [0.15, 0.2) is 30.3 Å². The average molecular weight is 456 g/mol. The molecule has 0 saturated heterocycles. The number of phenols is 1. The van der Waals surface area contributed by atoms with Gasteiger partial charge >= 0.3 is 0 Å². The van der Waals surface area contributed by atoms with Crippen LogP contribution in [0.2, 0.25) is 5.02 Å². The van der Waals surface area contributed by atoms with Gasteiger partial charge in [0.05, 0.1) is 19.8 Å². The van der Waals surface area contributed by atoms with Crippen molar-refractivity contribution in [3.05, 3.63) is 57.7 Å². The summed E-state index contributed by atoms with van der Waals surface area (Å²) in [6, 6.07) is 8.57. The van der Waals surface area contributed by atoms with Crippen molar-refractivity contribution in [2.45, 2.75) is 33.2 Å². The minimum absolute atomic E-state index is 0.0608. The van der Waals surface area contributed by atoms with Crippen LogP contribution in [-0.4, -0.2) is 46.4 Å². The first-order valence-corrected chi connectivity index (χ1v) is 11.0. The van der Waals surface area contributed by atoms with Gasteiger partial charge in [0, 0.05) is 22.7 Å². The number of benzene rings is 2. The van der Waals surface area contributed by atoms with E-state index in [0.29, 0.717) is 52.2 Å². The zero-order valence-electron chi connectivity index (χ0n) is 18.5. The number of aromatic nitrogens is 2. The highest BCUT2D eigenvalue weighted by molar-refractivity contribution is 6.31. The van der Waals surface area contributed by atoms with E-state index in [4.69, 9.17) is 21.1 Å². The number of rotatable bonds is 7. The largest absolute Gasteiger partial charge is 0.507 e. The molecule has 4 rings (SSSR count). The minimum Gasteiger partial charge on any atom is -0.507 e. The van der Waals surface area contributed by atoms with E-state index < -0.39 is 6.04 Å². The third-order valence-corrected chi connectivity index (χ3v) is 6.07. The number of nitrogens with one attached hydrogen (secondary N) is 1. The van der Waals surface area contributed by atoms with Crippen LogP contribution in [0.3, 0.4) is 0 Å². The molecule has 7 nitrogen and oxygen atoms in total. The smallest absolute Gasteiger partial charge is 0.273 e. The molecular formula is C24H26ClN3O4. The highest BCUT2D eigenvalue weighted by Crippen LogP contribution is 2.46. The fraction of sp³-hybridized carbons (Fsp3) is 0.333. The molecule has 2 N–H and O–H groups in total. The van der Waals surface area contributed by atoms with Crippen LogP contribution >= 0.6 is 11.6 Å². The standard InChI is InChI=1S/C24H26ClN3O4/c1-5-9-28-23(14-7-8-18(32-6-2)19(11-14)31-4)20-21(26-27-22(20)24(28)30)15-12-16(25)13(3)10-17(15)29/h7-8,10-12,23,29H,5-6,9H2,1-4H3,(H,26,27). The SMILES string of the molecule is CCCN1C(=O)c2[nH]nc(-c3cc(Cl)c(C)cc3O)c2C1c1ccc(OCC)c(OC)c1. The topological polar surface area (TPSA) is 87.7 Å². The van der Waals surface area contributed by atoms with Gasteiger partial charge in [-0.3, -0.25) is 9.89 Å². The Morgan fingerprint density at radius 1 is 1.22 bits per heavy atom. The van der Waals surface area contributed by atoms with Gasteiger partial charge in [0.2, 0.25) is 0 Å². The maximum absolute atomic E-state index is 13.3. The predicted octanol–water partition coefficient (Wildman–Crippen LogP) is 5.11. The number of aromatic amines is 1. The Morgan fingerprint density at radius 2 is 2.00 bits per heavy atom. The normalized spacial score (nSPS) is 15.2. The number of carbonyl (C=O) groups excluding carboxylic acids is 1. The van der Waals surface area contributed by atoms with Gasteiger partial charge in [-0.05, 0) is 55.7 Å². The Kier molecular flexibility index (Phi) is 6.02. The number of halogens is 1. The van der Waals surface area contributed by atoms with Gasteiger partial charge in [-0.1, -0.05) is 24.6 Å². The molecule has 0 spiro atoms. The van der Waals surface area contributed by atoms with Crippen molar-refractivity contribution in [2.75, 3.05) is 20.3 Å². The second-order valence-electron chi connectivity index (χ2n) is 7.72. The van der Waals surface area contributed by atoms with Crippen LogP contribution in [0.1, 0.15) is 53.5 Å². The first-order chi connectivity index (χ1) is 15.4. The molecule has 2 aromatic carbocycles. The third kappa shape index (κ3) is 3.56. The van der Waals surface area contributed by atoms with E-state index in [1.807, 2.05) is 43.9 Å².